The monoisotopic (exact) mass is 385 g/mol. The van der Waals surface area contributed by atoms with Crippen LogP contribution in [0.5, 0.6) is 0 Å². The van der Waals surface area contributed by atoms with Gasteiger partial charge in [0.25, 0.3) is 0 Å². The van der Waals surface area contributed by atoms with E-state index in [0.29, 0.717) is 17.0 Å². The number of pyridine rings is 2. The fourth-order valence-corrected chi connectivity index (χ4v) is 2.96. The minimum atomic E-state index is -1.56. The molecule has 28 heavy (non-hydrogen) atoms. The highest BCUT2D eigenvalue weighted by atomic mass is 28.3. The Bertz CT molecular complexity index is 1180. The molecule has 1 N–H and O–H groups in total. The van der Waals surface area contributed by atoms with Crippen molar-refractivity contribution in [1.29, 1.82) is 10.5 Å². The molecule has 0 spiro atoms. The molecule has 0 aliphatic heterocycles. The largest absolute Gasteiger partial charge is 0.369 e. The minimum absolute atomic E-state index is 0.381. The number of hydrogen-bond acceptors (Lipinski definition) is 6. The van der Waals surface area contributed by atoms with Crippen molar-refractivity contribution in [3.63, 3.8) is 0 Å². The van der Waals surface area contributed by atoms with Crippen molar-refractivity contribution >= 4 is 24.8 Å². The molecule has 0 bridgehead atoms. The summed E-state index contributed by atoms with van der Waals surface area (Å²) >= 11 is 0. The molecule has 3 rings (SSSR count). The number of hydrogen-bond donors (Lipinski definition) is 1. The second kappa shape index (κ2) is 7.52. The van der Waals surface area contributed by atoms with Crippen LogP contribution >= 0.6 is 0 Å². The van der Waals surface area contributed by atoms with Gasteiger partial charge in [-0.15, -0.1) is 5.54 Å². The van der Waals surface area contributed by atoms with E-state index < -0.39 is 8.07 Å². The van der Waals surface area contributed by atoms with Crippen LogP contribution in [0.1, 0.15) is 18.1 Å². The van der Waals surface area contributed by atoms with Crippen LogP contribution in [-0.2, 0) is 0 Å². The van der Waals surface area contributed by atoms with E-state index in [1.807, 2.05) is 6.07 Å². The van der Waals surface area contributed by atoms with Crippen LogP contribution in [0.25, 0.3) is 16.9 Å². The first-order valence-electron chi connectivity index (χ1n) is 8.74. The van der Waals surface area contributed by atoms with Crippen molar-refractivity contribution in [2.75, 3.05) is 5.32 Å². The van der Waals surface area contributed by atoms with Crippen LogP contribution in [0, 0.1) is 34.1 Å². The zero-order valence-electron chi connectivity index (χ0n) is 16.1. The lowest BCUT2D eigenvalue weighted by Gasteiger charge is -2.12. The van der Waals surface area contributed by atoms with Gasteiger partial charge in [0.15, 0.2) is 11.5 Å². The molecule has 0 aliphatic rings. The molecular weight excluding hydrogens is 366 g/mol. The fourth-order valence-electron chi connectivity index (χ4n) is 2.45. The molecular formula is C20H19N7Si. The lowest BCUT2D eigenvalue weighted by Crippen LogP contribution is -2.17. The maximum Gasteiger partial charge on any atom is 0.164 e. The van der Waals surface area contributed by atoms with Gasteiger partial charge in [0.05, 0.1) is 29.1 Å². The zero-order valence-corrected chi connectivity index (χ0v) is 17.1. The summed E-state index contributed by atoms with van der Waals surface area (Å²) in [5, 5.41) is 26.5. The summed E-state index contributed by atoms with van der Waals surface area (Å²) in [4.78, 5) is 8.82. The standard InChI is InChI=1S/C20H19N7Si/c1-14(9-21)26-18-8-19(23-12-16(18)5-6-28(2,3)4)27-20-17(13-25-27)7-15(10-22)11-24-20/h7-8,11-14H,1-4H3,(H,23,26). The van der Waals surface area contributed by atoms with Crippen molar-refractivity contribution in [2.45, 2.75) is 32.6 Å². The molecule has 0 fully saturated rings. The summed E-state index contributed by atoms with van der Waals surface area (Å²) in [6, 6.07) is 7.41. The number of anilines is 1. The first-order chi connectivity index (χ1) is 13.3. The average Bonchev–Trinajstić information content (AvgIpc) is 3.09. The average molecular weight is 386 g/mol. The maximum absolute atomic E-state index is 9.18. The van der Waals surface area contributed by atoms with Crippen LogP contribution < -0.4 is 5.32 Å². The Hall–Kier alpha value is -3.67. The van der Waals surface area contributed by atoms with Gasteiger partial charge in [0.2, 0.25) is 0 Å². The molecule has 0 saturated heterocycles. The molecule has 1 unspecified atom stereocenters. The zero-order chi connectivity index (χ0) is 20.3. The van der Waals surface area contributed by atoms with E-state index in [2.05, 4.69) is 63.6 Å². The molecule has 3 heterocycles. The molecule has 138 valence electrons. The Morgan fingerprint density at radius 2 is 1.89 bits per heavy atom. The van der Waals surface area contributed by atoms with E-state index in [9.17, 15) is 5.26 Å². The number of rotatable bonds is 3. The van der Waals surface area contributed by atoms with Gasteiger partial charge in [-0.05, 0) is 13.0 Å². The number of aromatic nitrogens is 4. The number of nitrogens with one attached hydrogen (secondary N) is 1. The molecule has 0 aliphatic carbocycles. The number of nitriles is 2. The van der Waals surface area contributed by atoms with Gasteiger partial charge in [-0.1, -0.05) is 25.6 Å². The smallest absolute Gasteiger partial charge is 0.164 e. The molecule has 8 heteroatoms. The van der Waals surface area contributed by atoms with Crippen LogP contribution in [-0.4, -0.2) is 33.9 Å². The Kier molecular flexibility index (Phi) is 5.13. The van der Waals surface area contributed by atoms with Crippen LogP contribution in [0.4, 0.5) is 5.69 Å². The van der Waals surface area contributed by atoms with E-state index in [0.717, 1.165) is 16.6 Å². The van der Waals surface area contributed by atoms with Gasteiger partial charge >= 0.3 is 0 Å². The molecule has 0 radical (unpaired) electrons. The van der Waals surface area contributed by atoms with E-state index in [1.54, 1.807) is 30.1 Å². The predicted molar refractivity (Wildman–Crippen MR) is 110 cm³/mol. The van der Waals surface area contributed by atoms with Crippen LogP contribution in [0.2, 0.25) is 19.6 Å². The van der Waals surface area contributed by atoms with E-state index in [-0.39, 0.29) is 6.04 Å². The fraction of sp³-hybridized carbons (Fsp3) is 0.250. The summed E-state index contributed by atoms with van der Waals surface area (Å²) in [5.74, 6) is 3.76. The first-order valence-corrected chi connectivity index (χ1v) is 12.2. The molecule has 1 atom stereocenters. The Labute approximate surface area is 164 Å². The Morgan fingerprint density at radius 1 is 1.11 bits per heavy atom. The van der Waals surface area contributed by atoms with Crippen LogP contribution in [0.15, 0.2) is 30.7 Å². The third-order valence-corrected chi connectivity index (χ3v) is 4.66. The van der Waals surface area contributed by atoms with Crippen molar-refractivity contribution in [3.8, 4) is 29.4 Å². The molecule has 0 aromatic carbocycles. The highest BCUT2D eigenvalue weighted by Crippen LogP contribution is 2.21. The van der Waals surface area contributed by atoms with Crippen molar-refractivity contribution in [3.05, 3.63) is 41.9 Å². The van der Waals surface area contributed by atoms with Crippen molar-refractivity contribution in [1.82, 2.24) is 19.7 Å². The van der Waals surface area contributed by atoms with E-state index in [1.165, 1.54) is 6.20 Å². The highest BCUT2D eigenvalue weighted by Gasteiger charge is 2.13. The van der Waals surface area contributed by atoms with Crippen molar-refractivity contribution < 1.29 is 0 Å². The number of fused-ring (bicyclic) bond motifs is 1. The van der Waals surface area contributed by atoms with Gasteiger partial charge < -0.3 is 5.32 Å². The maximum atomic E-state index is 9.18. The summed E-state index contributed by atoms with van der Waals surface area (Å²) in [7, 11) is -1.56. The first kappa shape index (κ1) is 19.1. The Balaban J connectivity index is 2.10. The van der Waals surface area contributed by atoms with Gasteiger partial charge in [-0.3, -0.25) is 0 Å². The lowest BCUT2D eigenvalue weighted by molar-refractivity contribution is 0.861. The van der Waals surface area contributed by atoms with E-state index >= 15 is 0 Å². The number of nitrogens with zero attached hydrogens (tertiary/aromatic N) is 6. The second-order valence-electron chi connectivity index (χ2n) is 7.39. The van der Waals surface area contributed by atoms with Gasteiger partial charge in [-0.2, -0.15) is 20.3 Å². The van der Waals surface area contributed by atoms with Gasteiger partial charge in [0, 0.05) is 23.8 Å². The van der Waals surface area contributed by atoms with Crippen LogP contribution in [0.3, 0.4) is 0 Å². The van der Waals surface area contributed by atoms with E-state index in [4.69, 9.17) is 5.26 Å². The molecule has 0 saturated carbocycles. The lowest BCUT2D eigenvalue weighted by atomic mass is 10.2. The third-order valence-electron chi connectivity index (χ3n) is 3.78. The second-order valence-corrected chi connectivity index (χ2v) is 12.1. The molecule has 3 aromatic rings. The summed E-state index contributed by atoms with van der Waals surface area (Å²) < 4.78 is 1.61. The minimum Gasteiger partial charge on any atom is -0.369 e. The highest BCUT2D eigenvalue weighted by molar-refractivity contribution is 6.83. The summed E-state index contributed by atoms with van der Waals surface area (Å²) in [6.07, 6.45) is 4.84. The van der Waals surface area contributed by atoms with Gasteiger partial charge in [-0.25, -0.2) is 9.97 Å². The molecule has 7 nitrogen and oxygen atoms in total. The normalized spacial score (nSPS) is 11.8. The quantitative estimate of drug-likeness (QED) is 0.548. The predicted octanol–water partition coefficient (Wildman–Crippen LogP) is 3.24. The summed E-state index contributed by atoms with van der Waals surface area (Å²) in [5.41, 5.74) is 5.87. The Morgan fingerprint density at radius 3 is 2.57 bits per heavy atom. The van der Waals surface area contributed by atoms with Crippen molar-refractivity contribution in [2.24, 2.45) is 0 Å². The summed E-state index contributed by atoms with van der Waals surface area (Å²) in [6.45, 7) is 8.29. The topological polar surface area (TPSA) is 103 Å². The third kappa shape index (κ3) is 4.17. The SMILES string of the molecule is CC(C#N)Nc1cc(-n2ncc3cc(C#N)cnc32)ncc1C#C[Si](C)(C)C. The van der Waals surface area contributed by atoms with Gasteiger partial charge in [0.1, 0.15) is 20.2 Å². The molecule has 3 aromatic heterocycles. The molecule has 0 amide bonds.